The number of hydrogen-bond acceptors (Lipinski definition) is 2. The zero-order chi connectivity index (χ0) is 7.31. The van der Waals surface area contributed by atoms with Crippen molar-refractivity contribution < 1.29 is 0 Å². The van der Waals surface area contributed by atoms with Crippen molar-refractivity contribution in [3.05, 3.63) is 23.9 Å². The molecule has 2 heterocycles. The molecule has 0 radical (unpaired) electrons. The van der Waals surface area contributed by atoms with Crippen molar-refractivity contribution >= 4 is 0 Å². The Morgan fingerprint density at radius 2 is 2.36 bits per heavy atom. The molecule has 11 heavy (non-hydrogen) atoms. The molecule has 1 N–H and O–H groups in total. The van der Waals surface area contributed by atoms with Crippen LogP contribution in [0.3, 0.4) is 0 Å². The Balaban J connectivity index is 1.95. The molecule has 1 saturated carbocycles. The Kier molecular flexibility index (Phi) is 0.899. The molecule has 0 aromatic heterocycles. The van der Waals surface area contributed by atoms with Gasteiger partial charge < -0.3 is 5.01 Å². The minimum atomic E-state index is 0.564. The van der Waals surface area contributed by atoms with Crippen LogP contribution in [0.5, 0.6) is 0 Å². The molecule has 58 valence electrons. The fourth-order valence-corrected chi connectivity index (χ4v) is 1.88. The van der Waals surface area contributed by atoms with E-state index in [1.807, 2.05) is 0 Å². The van der Waals surface area contributed by atoms with Gasteiger partial charge in [-0.15, -0.1) is 0 Å². The average Bonchev–Trinajstić information content (AvgIpc) is 2.63. The van der Waals surface area contributed by atoms with Crippen LogP contribution in [0.2, 0.25) is 0 Å². The molecule has 1 fully saturated rings. The number of fused-ring (bicyclic) bond motifs is 1. The summed E-state index contributed by atoms with van der Waals surface area (Å²) in [5, 5.41) is 2.28. The number of hydrogen-bond donors (Lipinski definition) is 1. The lowest BCUT2D eigenvalue weighted by molar-refractivity contribution is 0.243. The molecule has 0 aromatic rings. The number of nitrogens with zero attached hydrogens (tertiary/aromatic N) is 1. The van der Waals surface area contributed by atoms with Gasteiger partial charge >= 0.3 is 0 Å². The first-order valence-corrected chi connectivity index (χ1v) is 4.29. The lowest BCUT2D eigenvalue weighted by Crippen LogP contribution is -2.38. The summed E-state index contributed by atoms with van der Waals surface area (Å²) in [6, 6.07) is 0. The second-order valence-corrected chi connectivity index (χ2v) is 3.77. The van der Waals surface area contributed by atoms with E-state index < -0.39 is 0 Å². The van der Waals surface area contributed by atoms with Crippen molar-refractivity contribution in [2.45, 2.75) is 12.8 Å². The van der Waals surface area contributed by atoms with Gasteiger partial charge in [-0.1, -0.05) is 6.08 Å². The van der Waals surface area contributed by atoms with Gasteiger partial charge in [0.2, 0.25) is 0 Å². The maximum absolute atomic E-state index is 3.34. The second-order valence-electron chi connectivity index (χ2n) is 3.77. The van der Waals surface area contributed by atoms with E-state index in [-0.39, 0.29) is 0 Å². The van der Waals surface area contributed by atoms with Gasteiger partial charge in [-0.2, -0.15) is 0 Å². The highest BCUT2D eigenvalue weighted by Crippen LogP contribution is 2.50. The fourth-order valence-electron chi connectivity index (χ4n) is 1.88. The molecule has 0 unspecified atom stereocenters. The topological polar surface area (TPSA) is 15.3 Å². The third-order valence-electron chi connectivity index (χ3n) is 2.88. The van der Waals surface area contributed by atoms with Crippen LogP contribution in [-0.2, 0) is 0 Å². The SMILES string of the molecule is C1=CC2(CC2)CN2NCC=C12. The molecule has 0 amide bonds. The number of hydrazine groups is 1. The third-order valence-corrected chi connectivity index (χ3v) is 2.88. The van der Waals surface area contributed by atoms with Gasteiger partial charge in [-0.25, -0.2) is 5.43 Å². The highest BCUT2D eigenvalue weighted by Gasteiger charge is 2.44. The Labute approximate surface area is 66.5 Å². The maximum Gasteiger partial charge on any atom is 0.0490 e. The van der Waals surface area contributed by atoms with Gasteiger partial charge in [0, 0.05) is 24.2 Å². The van der Waals surface area contributed by atoms with Crippen LogP contribution in [0.1, 0.15) is 12.8 Å². The van der Waals surface area contributed by atoms with Crippen molar-refractivity contribution in [1.82, 2.24) is 10.4 Å². The Morgan fingerprint density at radius 1 is 1.45 bits per heavy atom. The Hall–Kier alpha value is -0.760. The van der Waals surface area contributed by atoms with Gasteiger partial charge in [0.15, 0.2) is 0 Å². The maximum atomic E-state index is 3.34. The molecule has 2 nitrogen and oxygen atoms in total. The van der Waals surface area contributed by atoms with Gasteiger partial charge in [0.25, 0.3) is 0 Å². The van der Waals surface area contributed by atoms with Gasteiger partial charge in [-0.05, 0) is 25.0 Å². The molecule has 0 aromatic carbocycles. The van der Waals surface area contributed by atoms with E-state index in [4.69, 9.17) is 0 Å². The van der Waals surface area contributed by atoms with Crippen LogP contribution < -0.4 is 5.43 Å². The predicted octanol–water partition coefficient (Wildman–Crippen LogP) is 1.04. The molecule has 0 saturated heterocycles. The van der Waals surface area contributed by atoms with Crippen molar-refractivity contribution in [2.24, 2.45) is 5.41 Å². The first-order valence-electron chi connectivity index (χ1n) is 4.29. The predicted molar refractivity (Wildman–Crippen MR) is 43.6 cm³/mol. The molecule has 1 aliphatic carbocycles. The Bertz CT molecular complexity index is 248. The third kappa shape index (κ3) is 0.760. The zero-order valence-electron chi connectivity index (χ0n) is 6.51. The first kappa shape index (κ1) is 5.84. The summed E-state index contributed by atoms with van der Waals surface area (Å²) in [6.07, 6.45) is 9.66. The molecular weight excluding hydrogens is 136 g/mol. The zero-order valence-corrected chi connectivity index (χ0v) is 6.51. The molecule has 2 heteroatoms. The minimum Gasteiger partial charge on any atom is -0.308 e. The van der Waals surface area contributed by atoms with Crippen LogP contribution in [0.4, 0.5) is 0 Å². The monoisotopic (exact) mass is 148 g/mol. The summed E-state index contributed by atoms with van der Waals surface area (Å²) >= 11 is 0. The van der Waals surface area contributed by atoms with Crippen molar-refractivity contribution in [1.29, 1.82) is 0 Å². The molecule has 1 spiro atoms. The molecule has 0 atom stereocenters. The minimum absolute atomic E-state index is 0.564. The van der Waals surface area contributed by atoms with E-state index in [1.165, 1.54) is 25.1 Å². The van der Waals surface area contributed by atoms with Crippen molar-refractivity contribution in [3.8, 4) is 0 Å². The van der Waals surface area contributed by atoms with Crippen LogP contribution in [0.25, 0.3) is 0 Å². The molecule has 2 aliphatic heterocycles. The molecule has 3 rings (SSSR count). The summed E-state index contributed by atoms with van der Waals surface area (Å²) in [5.41, 5.74) is 5.27. The van der Waals surface area contributed by atoms with Gasteiger partial charge in [-0.3, -0.25) is 0 Å². The highest BCUT2D eigenvalue weighted by molar-refractivity contribution is 5.30. The quantitative estimate of drug-likeness (QED) is 0.552. The van der Waals surface area contributed by atoms with Crippen LogP contribution >= 0.6 is 0 Å². The van der Waals surface area contributed by atoms with E-state index in [2.05, 4.69) is 28.7 Å². The van der Waals surface area contributed by atoms with E-state index in [1.54, 1.807) is 0 Å². The average molecular weight is 148 g/mol. The standard InChI is InChI=1S/C9H12N2/c1-3-9(4-5-9)7-11-8(1)2-6-10-11/h1-3,10H,4-7H2. The summed E-state index contributed by atoms with van der Waals surface area (Å²) < 4.78 is 0. The molecule has 3 aliphatic rings. The van der Waals surface area contributed by atoms with Crippen LogP contribution in [0, 0.1) is 5.41 Å². The smallest absolute Gasteiger partial charge is 0.0490 e. The Morgan fingerprint density at radius 3 is 3.18 bits per heavy atom. The van der Waals surface area contributed by atoms with E-state index in [0.29, 0.717) is 5.41 Å². The largest absolute Gasteiger partial charge is 0.308 e. The lowest BCUT2D eigenvalue weighted by atomic mass is 10.0. The van der Waals surface area contributed by atoms with Crippen LogP contribution in [0.15, 0.2) is 23.9 Å². The summed E-state index contributed by atoms with van der Waals surface area (Å²) in [6.45, 7) is 2.20. The van der Waals surface area contributed by atoms with E-state index in [9.17, 15) is 0 Å². The number of nitrogens with one attached hydrogen (secondary N) is 1. The van der Waals surface area contributed by atoms with Gasteiger partial charge in [0.05, 0.1) is 0 Å². The molecule has 0 bridgehead atoms. The second kappa shape index (κ2) is 1.69. The highest BCUT2D eigenvalue weighted by atomic mass is 15.5. The lowest BCUT2D eigenvalue weighted by Gasteiger charge is -2.28. The number of rotatable bonds is 0. The normalized spacial score (nSPS) is 30.5. The fraction of sp³-hybridized carbons (Fsp3) is 0.556. The van der Waals surface area contributed by atoms with Crippen molar-refractivity contribution in [3.63, 3.8) is 0 Å². The summed E-state index contributed by atoms with van der Waals surface area (Å²) in [7, 11) is 0. The van der Waals surface area contributed by atoms with Crippen molar-refractivity contribution in [2.75, 3.05) is 13.1 Å². The van der Waals surface area contributed by atoms with Gasteiger partial charge in [0.1, 0.15) is 0 Å². The van der Waals surface area contributed by atoms with E-state index >= 15 is 0 Å². The molecular formula is C9H12N2. The summed E-state index contributed by atoms with van der Waals surface area (Å²) in [4.78, 5) is 0. The number of allylic oxidation sites excluding steroid dienone is 1. The first-order chi connectivity index (χ1) is 5.38. The summed E-state index contributed by atoms with van der Waals surface area (Å²) in [5.74, 6) is 0. The van der Waals surface area contributed by atoms with E-state index in [0.717, 1.165) is 6.54 Å². The van der Waals surface area contributed by atoms with Crippen LogP contribution in [-0.4, -0.2) is 18.1 Å².